The molecule has 0 aliphatic carbocycles. The molecule has 5 heterocycles. The molecule has 0 bridgehead atoms. The highest BCUT2D eigenvalue weighted by atomic mass is 16.2. The summed E-state index contributed by atoms with van der Waals surface area (Å²) in [6, 6.07) is 9.92. The van der Waals surface area contributed by atoms with E-state index in [2.05, 4.69) is 45.9 Å². The molecule has 204 valence electrons. The number of carbonyl (C=O) groups is 1. The maximum Gasteiger partial charge on any atom is 0.238 e. The molecule has 1 fully saturated rings. The molecule has 1 aliphatic rings. The Balaban J connectivity index is 1.15. The van der Waals surface area contributed by atoms with Crippen molar-refractivity contribution in [1.82, 2.24) is 39.6 Å². The van der Waals surface area contributed by atoms with Gasteiger partial charge < -0.3 is 20.9 Å². The predicted molar refractivity (Wildman–Crippen MR) is 154 cm³/mol. The highest BCUT2D eigenvalue weighted by molar-refractivity contribution is 6.06. The van der Waals surface area contributed by atoms with Crippen LogP contribution >= 0.6 is 0 Å². The Morgan fingerprint density at radius 2 is 2.08 bits per heavy atom. The highest BCUT2D eigenvalue weighted by Gasteiger charge is 2.24. The SMILES string of the molecule is Cc1cnc(Nc2cc(C)n(C)n2)nc1-c1c[nH]c2c(NC(=O)CN3CC[C@@H](Nc4ccncn4)C3)cccc12. The van der Waals surface area contributed by atoms with Crippen LogP contribution in [0.15, 0.2) is 55.2 Å². The van der Waals surface area contributed by atoms with Crippen molar-refractivity contribution in [3.8, 4) is 11.3 Å². The van der Waals surface area contributed by atoms with Gasteiger partial charge in [-0.05, 0) is 38.0 Å². The van der Waals surface area contributed by atoms with Crippen molar-refractivity contribution in [1.29, 1.82) is 0 Å². The lowest BCUT2D eigenvalue weighted by atomic mass is 10.1. The largest absolute Gasteiger partial charge is 0.366 e. The van der Waals surface area contributed by atoms with Crippen molar-refractivity contribution in [3.05, 3.63) is 66.5 Å². The van der Waals surface area contributed by atoms with E-state index in [4.69, 9.17) is 4.98 Å². The molecule has 0 radical (unpaired) electrons. The first-order valence-electron chi connectivity index (χ1n) is 13.2. The van der Waals surface area contributed by atoms with Crippen LogP contribution in [0.25, 0.3) is 22.2 Å². The van der Waals surface area contributed by atoms with Crippen LogP contribution in [0.1, 0.15) is 17.7 Å². The van der Waals surface area contributed by atoms with Gasteiger partial charge in [0, 0.05) is 67.5 Å². The van der Waals surface area contributed by atoms with E-state index in [1.807, 2.05) is 57.4 Å². The molecule has 1 aliphatic heterocycles. The standard InChI is InChI=1S/C28H31N11O/c1-17-12-31-28(35-24-11-18(2)38(3)37-24)36-26(17)21-13-30-27-20(21)5-4-6-22(27)34-25(40)15-39-10-8-19(14-39)33-23-7-9-29-16-32-23/h4-7,9,11-13,16,19,30H,8,10,14-15H2,1-3H3,(H,34,40)(H,29,32,33)(H,31,35,36,37)/t19-/m1/s1. The van der Waals surface area contributed by atoms with E-state index < -0.39 is 0 Å². The smallest absolute Gasteiger partial charge is 0.238 e. The molecule has 12 nitrogen and oxygen atoms in total. The lowest BCUT2D eigenvalue weighted by Crippen LogP contribution is -2.33. The molecule has 5 aromatic rings. The lowest BCUT2D eigenvalue weighted by Gasteiger charge is -2.17. The number of rotatable bonds is 8. The molecule has 1 saturated heterocycles. The fourth-order valence-electron chi connectivity index (χ4n) is 5.04. The molecule has 6 rings (SSSR count). The molecule has 1 amide bonds. The van der Waals surface area contributed by atoms with Crippen LogP contribution < -0.4 is 16.0 Å². The third kappa shape index (κ3) is 5.34. The van der Waals surface area contributed by atoms with Crippen molar-refractivity contribution >= 4 is 40.1 Å². The molecule has 0 unspecified atom stereocenters. The van der Waals surface area contributed by atoms with E-state index in [-0.39, 0.29) is 11.9 Å². The quantitative estimate of drug-likeness (QED) is 0.233. The number of para-hydroxylation sites is 1. The van der Waals surface area contributed by atoms with E-state index in [9.17, 15) is 4.79 Å². The van der Waals surface area contributed by atoms with E-state index in [1.54, 1.807) is 17.1 Å². The fourth-order valence-corrected chi connectivity index (χ4v) is 5.04. The number of fused-ring (bicyclic) bond motifs is 1. The summed E-state index contributed by atoms with van der Waals surface area (Å²) in [6.45, 7) is 5.91. The zero-order valence-electron chi connectivity index (χ0n) is 22.6. The summed E-state index contributed by atoms with van der Waals surface area (Å²) >= 11 is 0. The summed E-state index contributed by atoms with van der Waals surface area (Å²) in [5.74, 6) is 1.90. The number of hydrogen-bond acceptors (Lipinski definition) is 9. The zero-order valence-corrected chi connectivity index (χ0v) is 22.6. The van der Waals surface area contributed by atoms with Crippen LogP contribution in [-0.2, 0) is 11.8 Å². The minimum atomic E-state index is -0.0540. The monoisotopic (exact) mass is 537 g/mol. The van der Waals surface area contributed by atoms with Gasteiger partial charge in [-0.25, -0.2) is 19.9 Å². The molecular formula is C28H31N11O. The number of anilines is 4. The Morgan fingerprint density at radius 1 is 1.18 bits per heavy atom. The Hall–Kier alpha value is -4.84. The van der Waals surface area contributed by atoms with Gasteiger partial charge >= 0.3 is 0 Å². The average Bonchev–Trinajstić information content (AvgIpc) is 3.65. The number of H-pyrrole nitrogens is 1. The predicted octanol–water partition coefficient (Wildman–Crippen LogP) is 3.63. The Kier molecular flexibility index (Phi) is 6.83. The Morgan fingerprint density at radius 3 is 2.88 bits per heavy atom. The van der Waals surface area contributed by atoms with Gasteiger partial charge in [0.1, 0.15) is 12.1 Å². The second-order valence-corrected chi connectivity index (χ2v) is 10.1. The number of aryl methyl sites for hydroxylation is 3. The topological polar surface area (TPSA) is 142 Å². The summed E-state index contributed by atoms with van der Waals surface area (Å²) in [7, 11) is 1.89. The molecule has 4 aromatic heterocycles. The highest BCUT2D eigenvalue weighted by Crippen LogP contribution is 2.33. The van der Waals surface area contributed by atoms with E-state index in [0.29, 0.717) is 18.3 Å². The van der Waals surface area contributed by atoms with Gasteiger partial charge in [-0.3, -0.25) is 14.4 Å². The molecule has 0 spiro atoms. The minimum Gasteiger partial charge on any atom is -0.366 e. The summed E-state index contributed by atoms with van der Waals surface area (Å²) < 4.78 is 1.80. The first-order valence-corrected chi connectivity index (χ1v) is 13.2. The number of aromatic nitrogens is 7. The van der Waals surface area contributed by atoms with Gasteiger partial charge in [-0.1, -0.05) is 12.1 Å². The maximum atomic E-state index is 13.0. The number of carbonyl (C=O) groups excluding carboxylic acids is 1. The van der Waals surface area contributed by atoms with Crippen LogP contribution in [0.2, 0.25) is 0 Å². The maximum absolute atomic E-state index is 13.0. The van der Waals surface area contributed by atoms with Crippen molar-refractivity contribution in [2.45, 2.75) is 26.3 Å². The summed E-state index contributed by atoms with van der Waals surface area (Å²) in [5, 5.41) is 15.1. The van der Waals surface area contributed by atoms with Crippen molar-refractivity contribution in [3.63, 3.8) is 0 Å². The molecule has 40 heavy (non-hydrogen) atoms. The number of nitrogens with zero attached hydrogens (tertiary/aromatic N) is 7. The van der Waals surface area contributed by atoms with Gasteiger partial charge in [-0.2, -0.15) is 5.10 Å². The van der Waals surface area contributed by atoms with Crippen LogP contribution in [0.5, 0.6) is 0 Å². The number of amides is 1. The van der Waals surface area contributed by atoms with E-state index in [0.717, 1.165) is 64.4 Å². The van der Waals surface area contributed by atoms with Crippen molar-refractivity contribution in [2.75, 3.05) is 35.6 Å². The second-order valence-electron chi connectivity index (χ2n) is 10.1. The van der Waals surface area contributed by atoms with Gasteiger partial charge in [-0.15, -0.1) is 0 Å². The van der Waals surface area contributed by atoms with Crippen LogP contribution in [0, 0.1) is 13.8 Å². The summed E-state index contributed by atoms with van der Waals surface area (Å²) in [5.41, 5.74) is 5.30. The molecule has 12 heteroatoms. The van der Waals surface area contributed by atoms with E-state index in [1.165, 1.54) is 6.33 Å². The van der Waals surface area contributed by atoms with Gasteiger partial charge in [0.15, 0.2) is 5.82 Å². The van der Waals surface area contributed by atoms with E-state index >= 15 is 0 Å². The van der Waals surface area contributed by atoms with Crippen LogP contribution in [0.4, 0.5) is 23.3 Å². The number of likely N-dealkylation sites (tertiary alicyclic amines) is 1. The summed E-state index contributed by atoms with van der Waals surface area (Å²) in [4.78, 5) is 35.9. The molecule has 1 atom stereocenters. The van der Waals surface area contributed by atoms with Gasteiger partial charge in [0.25, 0.3) is 0 Å². The number of aromatic amines is 1. The van der Waals surface area contributed by atoms with Gasteiger partial charge in [0.05, 0.1) is 23.4 Å². The fraction of sp³-hybridized carbons (Fsp3) is 0.286. The first kappa shape index (κ1) is 25.4. The minimum absolute atomic E-state index is 0.0540. The molecule has 1 aromatic carbocycles. The Bertz CT molecular complexity index is 1640. The number of benzene rings is 1. The van der Waals surface area contributed by atoms with Crippen LogP contribution in [0.3, 0.4) is 0 Å². The number of hydrogen-bond donors (Lipinski definition) is 4. The normalized spacial score (nSPS) is 15.4. The van der Waals surface area contributed by atoms with Crippen molar-refractivity contribution < 1.29 is 4.79 Å². The molecular weight excluding hydrogens is 506 g/mol. The lowest BCUT2D eigenvalue weighted by molar-refractivity contribution is -0.117. The second kappa shape index (κ2) is 10.7. The van der Waals surface area contributed by atoms with Crippen molar-refractivity contribution in [2.24, 2.45) is 7.05 Å². The molecule has 4 N–H and O–H groups in total. The summed E-state index contributed by atoms with van der Waals surface area (Å²) in [6.07, 6.45) is 7.91. The first-order chi connectivity index (χ1) is 19.4. The third-order valence-electron chi connectivity index (χ3n) is 7.14. The van der Waals surface area contributed by atoms with Gasteiger partial charge in [0.2, 0.25) is 11.9 Å². The molecule has 0 saturated carbocycles. The van der Waals surface area contributed by atoms with Crippen LogP contribution in [-0.4, -0.2) is 71.2 Å². The number of nitrogens with one attached hydrogen (secondary N) is 4. The Labute approximate surface area is 231 Å². The average molecular weight is 538 g/mol. The zero-order chi connectivity index (χ0) is 27.6. The third-order valence-corrected chi connectivity index (χ3v) is 7.14.